The van der Waals surface area contributed by atoms with Gasteiger partial charge in [0.2, 0.25) is 11.4 Å². The molecule has 0 atom stereocenters. The zero-order chi connectivity index (χ0) is 16.8. The van der Waals surface area contributed by atoms with Crippen LogP contribution in [-0.2, 0) is 7.05 Å². The molecule has 24 heavy (non-hydrogen) atoms. The van der Waals surface area contributed by atoms with Crippen molar-refractivity contribution >= 4 is 27.6 Å². The summed E-state index contributed by atoms with van der Waals surface area (Å²) in [6.07, 6.45) is 1.94. The second kappa shape index (κ2) is 5.17. The number of furan rings is 1. The van der Waals surface area contributed by atoms with E-state index in [0.717, 1.165) is 16.8 Å². The van der Waals surface area contributed by atoms with Gasteiger partial charge in [-0.3, -0.25) is 0 Å². The molecular weight excluding hydrogens is 303 g/mol. The minimum atomic E-state index is -0.334. The van der Waals surface area contributed by atoms with Crippen LogP contribution in [0.1, 0.15) is 5.56 Å². The van der Waals surface area contributed by atoms with Crippen molar-refractivity contribution in [3.8, 4) is 11.3 Å². The Morgan fingerprint density at radius 2 is 2.00 bits per heavy atom. The van der Waals surface area contributed by atoms with Crippen LogP contribution in [0.15, 0.2) is 53.1 Å². The lowest BCUT2D eigenvalue weighted by Gasteiger charge is -2.07. The third-order valence-corrected chi connectivity index (χ3v) is 4.33. The summed E-state index contributed by atoms with van der Waals surface area (Å²) in [5, 5.41) is 1.08. The number of halogens is 1. The minimum absolute atomic E-state index is 0.334. The second-order valence-corrected chi connectivity index (χ2v) is 5.82. The Morgan fingerprint density at radius 1 is 1.17 bits per heavy atom. The van der Waals surface area contributed by atoms with E-state index >= 15 is 0 Å². The molecule has 2 aromatic carbocycles. The monoisotopic (exact) mass is 317 g/mol. The Morgan fingerprint density at radius 3 is 2.75 bits per heavy atom. The zero-order valence-electron chi connectivity index (χ0n) is 13.3. The summed E-state index contributed by atoms with van der Waals surface area (Å²) in [5.74, 6) is -0.334. The molecule has 0 N–H and O–H groups in total. The lowest BCUT2D eigenvalue weighted by Crippen LogP contribution is -2.30. The van der Waals surface area contributed by atoms with Gasteiger partial charge in [-0.05, 0) is 36.8 Å². The van der Waals surface area contributed by atoms with Gasteiger partial charge in [-0.2, -0.15) is 0 Å². The summed E-state index contributed by atoms with van der Waals surface area (Å²) in [6.45, 7) is 9.61. The Labute approximate surface area is 138 Å². The van der Waals surface area contributed by atoms with Crippen LogP contribution in [0.25, 0.3) is 38.0 Å². The smallest absolute Gasteiger partial charge is 0.243 e. The first-order valence-electron chi connectivity index (χ1n) is 7.58. The van der Waals surface area contributed by atoms with Crippen molar-refractivity contribution < 1.29 is 13.4 Å². The number of rotatable bonds is 1. The van der Waals surface area contributed by atoms with E-state index in [1.54, 1.807) is 12.1 Å². The lowest BCUT2D eigenvalue weighted by atomic mass is 9.99. The van der Waals surface area contributed by atoms with Gasteiger partial charge in [0.25, 0.3) is 0 Å². The number of nitrogens with zero attached hydrogens (tertiary/aromatic N) is 2. The van der Waals surface area contributed by atoms with Crippen LogP contribution in [0.2, 0.25) is 0 Å². The van der Waals surface area contributed by atoms with Crippen LogP contribution in [0.4, 0.5) is 10.1 Å². The highest BCUT2D eigenvalue weighted by molar-refractivity contribution is 6.12. The van der Waals surface area contributed by atoms with Gasteiger partial charge in [0, 0.05) is 17.5 Å². The molecular formula is C20H14FN2O+. The SMILES string of the molecule is [C-]#[N+]c1c(-c2cccc[n+]2C)c(C)cc2c1oc1cccc(F)c12. The minimum Gasteiger partial charge on any atom is -0.467 e. The molecule has 0 unspecified atom stereocenters. The van der Waals surface area contributed by atoms with E-state index in [1.807, 2.05) is 49.0 Å². The van der Waals surface area contributed by atoms with Gasteiger partial charge >= 0.3 is 0 Å². The summed E-state index contributed by atoms with van der Waals surface area (Å²) in [6, 6.07) is 12.5. The molecule has 0 fully saturated rings. The third kappa shape index (κ3) is 1.92. The maximum atomic E-state index is 14.3. The fourth-order valence-corrected chi connectivity index (χ4v) is 3.24. The molecule has 0 aliphatic rings. The van der Waals surface area contributed by atoms with Crippen LogP contribution in [0, 0.1) is 19.3 Å². The Balaban J connectivity index is 2.20. The quantitative estimate of drug-likeness (QED) is 0.354. The van der Waals surface area contributed by atoms with Gasteiger partial charge in [-0.25, -0.2) is 13.8 Å². The Hall–Kier alpha value is -3.19. The molecule has 0 amide bonds. The number of aromatic nitrogens is 1. The zero-order valence-corrected chi connectivity index (χ0v) is 13.3. The van der Waals surface area contributed by atoms with Crippen molar-refractivity contribution in [2.24, 2.45) is 7.05 Å². The second-order valence-electron chi connectivity index (χ2n) is 5.82. The van der Waals surface area contributed by atoms with Crippen LogP contribution in [0.5, 0.6) is 0 Å². The molecule has 0 saturated heterocycles. The molecule has 0 aliphatic heterocycles. The first-order chi connectivity index (χ1) is 11.6. The molecule has 0 spiro atoms. The molecule has 2 aromatic heterocycles. The largest absolute Gasteiger partial charge is 0.467 e. The average molecular weight is 317 g/mol. The first-order valence-corrected chi connectivity index (χ1v) is 7.58. The maximum absolute atomic E-state index is 14.3. The predicted octanol–water partition coefficient (Wildman–Crippen LogP) is 5.08. The van der Waals surface area contributed by atoms with Crippen LogP contribution < -0.4 is 4.57 Å². The van der Waals surface area contributed by atoms with Crippen molar-refractivity contribution in [3.63, 3.8) is 0 Å². The highest BCUT2D eigenvalue weighted by Crippen LogP contribution is 2.43. The fourth-order valence-electron chi connectivity index (χ4n) is 3.24. The topological polar surface area (TPSA) is 21.4 Å². The molecule has 4 rings (SSSR count). The van der Waals surface area contributed by atoms with Gasteiger partial charge in [-0.15, -0.1) is 0 Å². The maximum Gasteiger partial charge on any atom is 0.243 e. The lowest BCUT2D eigenvalue weighted by molar-refractivity contribution is -0.660. The molecule has 0 aliphatic carbocycles. The van der Waals surface area contributed by atoms with Crippen LogP contribution in [-0.4, -0.2) is 0 Å². The van der Waals surface area contributed by atoms with Crippen molar-refractivity contribution in [3.05, 3.63) is 71.5 Å². The van der Waals surface area contributed by atoms with Crippen LogP contribution in [0.3, 0.4) is 0 Å². The third-order valence-electron chi connectivity index (χ3n) is 4.33. The van der Waals surface area contributed by atoms with Crippen molar-refractivity contribution in [1.82, 2.24) is 0 Å². The normalized spacial score (nSPS) is 11.1. The molecule has 3 nitrogen and oxygen atoms in total. The van der Waals surface area contributed by atoms with E-state index in [-0.39, 0.29) is 5.82 Å². The molecule has 0 saturated carbocycles. The summed E-state index contributed by atoms with van der Waals surface area (Å²) in [7, 11) is 1.94. The standard InChI is InChI=1S/C20H14FN2O/c1-12-11-13-18-14(21)7-6-9-16(18)24-20(13)19(22-2)17(12)15-8-4-5-10-23(15)3/h4-11H,1,3H3/q+1. The highest BCUT2D eigenvalue weighted by atomic mass is 19.1. The number of aryl methyl sites for hydroxylation is 2. The van der Waals surface area contributed by atoms with E-state index < -0.39 is 0 Å². The number of benzene rings is 2. The van der Waals surface area contributed by atoms with Gasteiger partial charge in [0.15, 0.2) is 6.20 Å². The average Bonchev–Trinajstić information content (AvgIpc) is 2.94. The Bertz CT molecular complexity index is 1150. The van der Waals surface area contributed by atoms with Crippen molar-refractivity contribution in [2.75, 3.05) is 0 Å². The van der Waals surface area contributed by atoms with E-state index in [0.29, 0.717) is 27.6 Å². The molecule has 4 heteroatoms. The van der Waals surface area contributed by atoms with Crippen molar-refractivity contribution in [1.29, 1.82) is 0 Å². The molecule has 0 bridgehead atoms. The number of hydrogen-bond donors (Lipinski definition) is 0. The number of pyridine rings is 1. The molecule has 116 valence electrons. The molecule has 4 aromatic rings. The first kappa shape index (κ1) is 14.4. The van der Waals surface area contributed by atoms with E-state index in [9.17, 15) is 4.39 Å². The molecule has 2 heterocycles. The number of hydrogen-bond acceptors (Lipinski definition) is 1. The summed E-state index contributed by atoms with van der Waals surface area (Å²) < 4.78 is 22.1. The number of fused-ring (bicyclic) bond motifs is 3. The van der Waals surface area contributed by atoms with Gasteiger partial charge in [0.1, 0.15) is 24.0 Å². The Kier molecular flexibility index (Phi) is 3.10. The summed E-state index contributed by atoms with van der Waals surface area (Å²) >= 11 is 0. The predicted molar refractivity (Wildman–Crippen MR) is 91.3 cm³/mol. The van der Waals surface area contributed by atoms with E-state index in [1.165, 1.54) is 6.07 Å². The van der Waals surface area contributed by atoms with E-state index in [2.05, 4.69) is 4.85 Å². The fraction of sp³-hybridized carbons (Fsp3) is 0.100. The molecule has 0 radical (unpaired) electrons. The highest BCUT2D eigenvalue weighted by Gasteiger charge is 2.23. The van der Waals surface area contributed by atoms with Gasteiger partial charge in [0.05, 0.1) is 17.5 Å². The van der Waals surface area contributed by atoms with E-state index in [4.69, 9.17) is 11.0 Å². The van der Waals surface area contributed by atoms with Crippen LogP contribution >= 0.6 is 0 Å². The summed E-state index contributed by atoms with van der Waals surface area (Å²) in [4.78, 5) is 3.72. The van der Waals surface area contributed by atoms with Crippen molar-refractivity contribution in [2.45, 2.75) is 6.92 Å². The van der Waals surface area contributed by atoms with Gasteiger partial charge in [-0.1, -0.05) is 6.07 Å². The summed E-state index contributed by atoms with van der Waals surface area (Å²) in [5.41, 5.74) is 3.98. The van der Waals surface area contributed by atoms with Gasteiger partial charge < -0.3 is 4.42 Å².